The number of furan rings is 1. The Hall–Kier alpha value is -0.730. The van der Waals surface area contributed by atoms with Crippen molar-refractivity contribution < 1.29 is 4.42 Å². The Balaban J connectivity index is 2.64. The summed E-state index contributed by atoms with van der Waals surface area (Å²) in [6.07, 6.45) is 1.66. The van der Waals surface area contributed by atoms with Crippen molar-refractivity contribution in [3.05, 3.63) is 45.6 Å². The third kappa shape index (κ3) is 1.72. The van der Waals surface area contributed by atoms with E-state index in [1.165, 1.54) is 0 Å². The van der Waals surface area contributed by atoms with Crippen LogP contribution in [-0.2, 0) is 0 Å². The topological polar surface area (TPSA) is 13.1 Å². The maximum absolute atomic E-state index is 5.92. The lowest BCUT2D eigenvalue weighted by Gasteiger charge is -2.06. The van der Waals surface area contributed by atoms with Crippen LogP contribution in [0.1, 0.15) is 5.56 Å². The van der Waals surface area contributed by atoms with Crippen molar-refractivity contribution in [3.63, 3.8) is 0 Å². The zero-order valence-corrected chi connectivity index (χ0v) is 9.89. The second-order valence-electron chi connectivity index (χ2n) is 3.06. The lowest BCUT2D eigenvalue weighted by Crippen LogP contribution is -1.83. The van der Waals surface area contributed by atoms with E-state index in [0.717, 1.165) is 26.4 Å². The number of hydrogen-bond acceptors (Lipinski definition) is 1. The molecule has 2 aromatic rings. The number of hydrogen-bond donors (Lipinski definition) is 0. The zero-order valence-electron chi connectivity index (χ0n) is 7.55. The van der Waals surface area contributed by atoms with Crippen molar-refractivity contribution >= 4 is 27.5 Å². The molecule has 1 aromatic heterocycles. The van der Waals surface area contributed by atoms with Crippen LogP contribution in [0.3, 0.4) is 0 Å². The summed E-state index contributed by atoms with van der Waals surface area (Å²) in [5.41, 5.74) is 2.15. The van der Waals surface area contributed by atoms with Gasteiger partial charge in [-0.3, -0.25) is 0 Å². The molecule has 0 N–H and O–H groups in total. The van der Waals surface area contributed by atoms with Gasteiger partial charge in [0.15, 0.2) is 0 Å². The number of rotatable bonds is 1. The van der Waals surface area contributed by atoms with Gasteiger partial charge in [-0.15, -0.1) is 0 Å². The number of halogens is 2. The average molecular weight is 272 g/mol. The average Bonchev–Trinajstić information content (AvgIpc) is 2.54. The van der Waals surface area contributed by atoms with Gasteiger partial charge in [-0.25, -0.2) is 0 Å². The molecule has 1 heterocycles. The molecule has 0 bridgehead atoms. The molecule has 0 aliphatic heterocycles. The van der Waals surface area contributed by atoms with E-state index >= 15 is 0 Å². The number of benzene rings is 1. The van der Waals surface area contributed by atoms with E-state index in [4.69, 9.17) is 16.0 Å². The van der Waals surface area contributed by atoms with Gasteiger partial charge in [-0.2, -0.15) is 0 Å². The molecular formula is C11H8BrClO. The molecule has 0 aliphatic rings. The van der Waals surface area contributed by atoms with E-state index in [-0.39, 0.29) is 0 Å². The second kappa shape index (κ2) is 3.79. The second-order valence-corrected chi connectivity index (χ2v) is 4.35. The maximum atomic E-state index is 5.92. The van der Waals surface area contributed by atoms with Crippen LogP contribution in [0, 0.1) is 6.92 Å². The van der Waals surface area contributed by atoms with Crippen molar-refractivity contribution in [2.24, 2.45) is 0 Å². The fourth-order valence-electron chi connectivity index (χ4n) is 1.44. The zero-order chi connectivity index (χ0) is 10.1. The normalized spacial score (nSPS) is 10.5. The summed E-state index contributed by atoms with van der Waals surface area (Å²) in [7, 11) is 0. The lowest BCUT2D eigenvalue weighted by atomic mass is 10.1. The Labute approximate surface area is 95.8 Å². The van der Waals surface area contributed by atoms with E-state index in [0.29, 0.717) is 0 Å². The molecule has 0 spiro atoms. The third-order valence-electron chi connectivity index (χ3n) is 2.02. The van der Waals surface area contributed by atoms with Crippen molar-refractivity contribution in [2.75, 3.05) is 0 Å². The van der Waals surface area contributed by atoms with E-state index in [1.807, 2.05) is 31.2 Å². The summed E-state index contributed by atoms with van der Waals surface area (Å²) in [4.78, 5) is 0. The molecule has 0 unspecified atom stereocenters. The molecule has 0 radical (unpaired) electrons. The minimum atomic E-state index is 0.727. The first-order valence-electron chi connectivity index (χ1n) is 4.18. The number of aryl methyl sites for hydroxylation is 1. The minimum Gasteiger partial charge on any atom is -0.464 e. The quantitative estimate of drug-likeness (QED) is 0.734. The summed E-state index contributed by atoms with van der Waals surface area (Å²) in [6.45, 7) is 2.01. The molecule has 0 aliphatic carbocycles. The summed E-state index contributed by atoms with van der Waals surface area (Å²) >= 11 is 9.40. The van der Waals surface area contributed by atoms with Crippen LogP contribution in [0.5, 0.6) is 0 Å². The van der Waals surface area contributed by atoms with Gasteiger partial charge in [0.2, 0.25) is 0 Å². The predicted octanol–water partition coefficient (Wildman–Crippen LogP) is 4.67. The Morgan fingerprint density at radius 3 is 2.71 bits per heavy atom. The molecule has 2 rings (SSSR count). The van der Waals surface area contributed by atoms with Gasteiger partial charge in [-0.1, -0.05) is 11.6 Å². The van der Waals surface area contributed by atoms with Crippen molar-refractivity contribution in [2.45, 2.75) is 6.92 Å². The van der Waals surface area contributed by atoms with E-state index < -0.39 is 0 Å². The minimum absolute atomic E-state index is 0.727. The van der Waals surface area contributed by atoms with Crippen LogP contribution in [0.2, 0.25) is 5.02 Å². The molecule has 14 heavy (non-hydrogen) atoms. The summed E-state index contributed by atoms with van der Waals surface area (Å²) in [5, 5.41) is 0.727. The molecule has 0 atom stereocenters. The first-order chi connectivity index (χ1) is 6.68. The highest BCUT2D eigenvalue weighted by molar-refractivity contribution is 9.10. The fraction of sp³-hybridized carbons (Fsp3) is 0.0909. The van der Waals surface area contributed by atoms with E-state index in [1.54, 1.807) is 6.26 Å². The molecule has 1 aromatic carbocycles. The molecule has 0 fully saturated rings. The van der Waals surface area contributed by atoms with Gasteiger partial charge in [0.25, 0.3) is 0 Å². The fourth-order valence-corrected chi connectivity index (χ4v) is 2.59. The van der Waals surface area contributed by atoms with Gasteiger partial charge in [0.05, 0.1) is 6.26 Å². The molecule has 0 saturated heterocycles. The first kappa shape index (κ1) is 9.81. The lowest BCUT2D eigenvalue weighted by molar-refractivity contribution is 0.581. The molecule has 3 heteroatoms. The molecule has 1 nitrogen and oxygen atoms in total. The Morgan fingerprint density at radius 1 is 1.36 bits per heavy atom. The summed E-state index contributed by atoms with van der Waals surface area (Å²) < 4.78 is 6.30. The standard InChI is InChI=1S/C11H8BrClO/c1-7-5-8(13)6-9(12)11(7)10-3-2-4-14-10/h2-6H,1H3. The van der Waals surface area contributed by atoms with Crippen LogP contribution < -0.4 is 0 Å². The van der Waals surface area contributed by atoms with Crippen LogP contribution in [0.15, 0.2) is 39.4 Å². The summed E-state index contributed by atoms with van der Waals surface area (Å²) in [6, 6.07) is 7.59. The molecular weight excluding hydrogens is 263 g/mol. The first-order valence-corrected chi connectivity index (χ1v) is 5.35. The highest BCUT2D eigenvalue weighted by Gasteiger charge is 2.09. The van der Waals surface area contributed by atoms with Gasteiger partial charge >= 0.3 is 0 Å². The van der Waals surface area contributed by atoms with Crippen molar-refractivity contribution in [1.29, 1.82) is 0 Å². The third-order valence-corrected chi connectivity index (χ3v) is 2.86. The largest absolute Gasteiger partial charge is 0.464 e. The van der Waals surface area contributed by atoms with Gasteiger partial charge in [-0.05, 0) is 52.7 Å². The Morgan fingerprint density at radius 2 is 2.14 bits per heavy atom. The molecule has 72 valence electrons. The smallest absolute Gasteiger partial charge is 0.135 e. The van der Waals surface area contributed by atoms with E-state index in [9.17, 15) is 0 Å². The van der Waals surface area contributed by atoms with Crippen LogP contribution in [-0.4, -0.2) is 0 Å². The van der Waals surface area contributed by atoms with Crippen LogP contribution >= 0.6 is 27.5 Å². The van der Waals surface area contributed by atoms with E-state index in [2.05, 4.69) is 15.9 Å². The van der Waals surface area contributed by atoms with Crippen molar-refractivity contribution in [3.8, 4) is 11.3 Å². The van der Waals surface area contributed by atoms with Crippen LogP contribution in [0.4, 0.5) is 0 Å². The highest BCUT2D eigenvalue weighted by Crippen LogP contribution is 2.34. The monoisotopic (exact) mass is 270 g/mol. The van der Waals surface area contributed by atoms with Gasteiger partial charge in [0.1, 0.15) is 5.76 Å². The molecule has 0 saturated carbocycles. The van der Waals surface area contributed by atoms with Crippen molar-refractivity contribution in [1.82, 2.24) is 0 Å². The molecule has 0 amide bonds. The predicted molar refractivity (Wildman–Crippen MR) is 61.6 cm³/mol. The van der Waals surface area contributed by atoms with Crippen LogP contribution in [0.25, 0.3) is 11.3 Å². The van der Waals surface area contributed by atoms with Gasteiger partial charge < -0.3 is 4.42 Å². The highest BCUT2D eigenvalue weighted by atomic mass is 79.9. The Bertz CT molecular complexity index is 425. The Kier molecular flexibility index (Phi) is 2.66. The summed E-state index contributed by atoms with van der Waals surface area (Å²) in [5.74, 6) is 0.853. The SMILES string of the molecule is Cc1cc(Cl)cc(Br)c1-c1ccco1. The maximum Gasteiger partial charge on any atom is 0.135 e. The van der Waals surface area contributed by atoms with Gasteiger partial charge in [0, 0.05) is 15.1 Å².